The van der Waals surface area contributed by atoms with Gasteiger partial charge in [0.2, 0.25) is 0 Å². The molecule has 4 nitrogen and oxygen atoms in total. The maximum atomic E-state index is 13.5. The Hall–Kier alpha value is -2.78. The summed E-state index contributed by atoms with van der Waals surface area (Å²) in [6, 6.07) is 4.30. The summed E-state index contributed by atoms with van der Waals surface area (Å²) in [6.45, 7) is -0.308. The highest BCUT2D eigenvalue weighted by Gasteiger charge is 2.10. The molecular formula is C15H10F2N2O2. The van der Waals surface area contributed by atoms with Crippen LogP contribution in [0.15, 0.2) is 36.7 Å². The molecule has 0 bridgehead atoms. The second kappa shape index (κ2) is 6.59. The molecule has 6 heteroatoms. The third-order valence-electron chi connectivity index (χ3n) is 2.49. The van der Waals surface area contributed by atoms with E-state index in [9.17, 15) is 13.6 Å². The van der Waals surface area contributed by atoms with Crippen LogP contribution in [0.5, 0.6) is 0 Å². The van der Waals surface area contributed by atoms with Crippen LogP contribution in [0.3, 0.4) is 0 Å². The molecule has 0 aliphatic rings. The molecule has 1 heterocycles. The lowest BCUT2D eigenvalue weighted by atomic mass is 10.2. The van der Waals surface area contributed by atoms with Crippen LogP contribution in [0, 0.1) is 23.5 Å². The van der Waals surface area contributed by atoms with Gasteiger partial charge in [-0.3, -0.25) is 9.78 Å². The third-order valence-corrected chi connectivity index (χ3v) is 2.49. The van der Waals surface area contributed by atoms with Gasteiger partial charge in [-0.15, -0.1) is 0 Å². The first kappa shape index (κ1) is 14.6. The number of hydrogen-bond acceptors (Lipinski definition) is 3. The van der Waals surface area contributed by atoms with Crippen molar-refractivity contribution in [2.45, 2.75) is 0 Å². The molecule has 0 fully saturated rings. The average Bonchev–Trinajstić information content (AvgIpc) is 2.48. The van der Waals surface area contributed by atoms with Crippen molar-refractivity contribution >= 4 is 11.6 Å². The lowest BCUT2D eigenvalue weighted by Crippen LogP contribution is -2.13. The van der Waals surface area contributed by atoms with E-state index < -0.39 is 17.5 Å². The molecule has 2 rings (SSSR count). The van der Waals surface area contributed by atoms with E-state index in [1.54, 1.807) is 0 Å². The van der Waals surface area contributed by atoms with E-state index >= 15 is 0 Å². The van der Waals surface area contributed by atoms with Gasteiger partial charge in [-0.25, -0.2) is 8.78 Å². The summed E-state index contributed by atoms with van der Waals surface area (Å²) < 4.78 is 26.2. The molecule has 2 aromatic rings. The number of halogens is 2. The van der Waals surface area contributed by atoms with Gasteiger partial charge in [0.25, 0.3) is 5.91 Å². The second-order valence-electron chi connectivity index (χ2n) is 4.00. The van der Waals surface area contributed by atoms with Gasteiger partial charge in [0.1, 0.15) is 18.2 Å². The molecule has 0 unspecified atom stereocenters. The number of pyridine rings is 1. The third kappa shape index (κ3) is 3.84. The summed E-state index contributed by atoms with van der Waals surface area (Å²) in [5.41, 5.74) is 0.480. The molecule has 0 saturated carbocycles. The van der Waals surface area contributed by atoms with E-state index in [-0.39, 0.29) is 17.9 Å². The Bertz CT molecular complexity index is 736. The van der Waals surface area contributed by atoms with Gasteiger partial charge < -0.3 is 10.4 Å². The molecule has 0 aliphatic carbocycles. The van der Waals surface area contributed by atoms with E-state index in [0.29, 0.717) is 11.6 Å². The van der Waals surface area contributed by atoms with E-state index in [1.165, 1.54) is 18.5 Å². The first-order valence-electron chi connectivity index (χ1n) is 5.91. The molecule has 0 saturated heterocycles. The monoisotopic (exact) mass is 288 g/mol. The lowest BCUT2D eigenvalue weighted by Gasteiger charge is -2.06. The number of anilines is 1. The van der Waals surface area contributed by atoms with Crippen molar-refractivity contribution in [3.05, 3.63) is 59.4 Å². The van der Waals surface area contributed by atoms with Gasteiger partial charge in [-0.05, 0) is 18.2 Å². The zero-order valence-corrected chi connectivity index (χ0v) is 10.7. The zero-order valence-electron chi connectivity index (χ0n) is 10.7. The molecule has 1 aromatic heterocycles. The number of aliphatic hydroxyl groups is 1. The number of nitrogens with zero attached hydrogens (tertiary/aromatic N) is 1. The van der Waals surface area contributed by atoms with E-state index in [1.807, 2.05) is 0 Å². The van der Waals surface area contributed by atoms with Crippen molar-refractivity contribution in [1.82, 2.24) is 4.98 Å². The fourth-order valence-corrected chi connectivity index (χ4v) is 1.56. The second-order valence-corrected chi connectivity index (χ2v) is 4.00. The van der Waals surface area contributed by atoms with Crippen molar-refractivity contribution in [1.29, 1.82) is 0 Å². The summed E-state index contributed by atoms with van der Waals surface area (Å²) in [5, 5.41) is 10.9. The number of carbonyl (C=O) groups excluding carboxylic acids is 1. The molecule has 1 aromatic carbocycles. The van der Waals surface area contributed by atoms with Gasteiger partial charge in [0.05, 0.1) is 11.3 Å². The number of aromatic nitrogens is 1. The fourth-order valence-electron chi connectivity index (χ4n) is 1.56. The average molecular weight is 288 g/mol. The van der Waals surface area contributed by atoms with Crippen molar-refractivity contribution in [3.8, 4) is 11.8 Å². The Kier molecular flexibility index (Phi) is 4.59. The SMILES string of the molecule is O=C(Nc1ccc(F)cc1F)c1cncc(C#CCO)c1. The summed E-state index contributed by atoms with van der Waals surface area (Å²) >= 11 is 0. The van der Waals surface area contributed by atoms with Crippen LogP contribution in [0.4, 0.5) is 14.5 Å². The standard InChI is InChI=1S/C15H10F2N2O2/c16-12-3-4-14(13(17)7-12)19-15(21)11-6-10(2-1-5-20)8-18-9-11/h3-4,6-9,20H,5H2,(H,19,21). The summed E-state index contributed by atoms with van der Waals surface area (Å²) in [5.74, 6) is 2.84. The predicted octanol–water partition coefficient (Wildman–Crippen LogP) is 1.96. The summed E-state index contributed by atoms with van der Waals surface area (Å²) in [7, 11) is 0. The van der Waals surface area contributed by atoms with Gasteiger partial charge in [-0.2, -0.15) is 0 Å². The predicted molar refractivity (Wildman–Crippen MR) is 72.5 cm³/mol. The number of amides is 1. The normalized spacial score (nSPS) is 9.67. The quantitative estimate of drug-likeness (QED) is 0.830. The molecule has 21 heavy (non-hydrogen) atoms. The topological polar surface area (TPSA) is 62.2 Å². The number of hydrogen-bond donors (Lipinski definition) is 2. The summed E-state index contributed by atoms with van der Waals surface area (Å²) in [4.78, 5) is 15.8. The van der Waals surface area contributed by atoms with Crippen molar-refractivity contribution in [2.75, 3.05) is 11.9 Å². The largest absolute Gasteiger partial charge is 0.384 e. The lowest BCUT2D eigenvalue weighted by molar-refractivity contribution is 0.102. The Balaban J connectivity index is 2.20. The highest BCUT2D eigenvalue weighted by Crippen LogP contribution is 2.16. The molecule has 2 N–H and O–H groups in total. The number of carbonyl (C=O) groups is 1. The number of aliphatic hydroxyl groups excluding tert-OH is 1. The van der Waals surface area contributed by atoms with Gasteiger partial charge in [0.15, 0.2) is 0 Å². The van der Waals surface area contributed by atoms with Crippen molar-refractivity contribution in [3.63, 3.8) is 0 Å². The van der Waals surface area contributed by atoms with Crippen molar-refractivity contribution in [2.24, 2.45) is 0 Å². The Labute approximate surface area is 119 Å². The van der Waals surface area contributed by atoms with Crippen molar-refractivity contribution < 1.29 is 18.7 Å². The Morgan fingerprint density at radius 3 is 2.81 bits per heavy atom. The summed E-state index contributed by atoms with van der Waals surface area (Å²) in [6.07, 6.45) is 2.72. The minimum Gasteiger partial charge on any atom is -0.384 e. The van der Waals surface area contributed by atoms with Crippen LogP contribution < -0.4 is 5.32 Å². The fraction of sp³-hybridized carbons (Fsp3) is 0.0667. The highest BCUT2D eigenvalue weighted by molar-refractivity contribution is 6.04. The molecule has 106 valence electrons. The molecular weight excluding hydrogens is 278 g/mol. The van der Waals surface area contributed by atoms with Crippen LogP contribution in [0.25, 0.3) is 0 Å². The number of benzene rings is 1. The first-order chi connectivity index (χ1) is 10.1. The smallest absolute Gasteiger partial charge is 0.257 e. The van der Waals surface area contributed by atoms with Crippen LogP contribution in [0.1, 0.15) is 15.9 Å². The number of rotatable bonds is 2. The Morgan fingerprint density at radius 1 is 1.29 bits per heavy atom. The number of nitrogens with one attached hydrogen (secondary N) is 1. The van der Waals surface area contributed by atoms with Gasteiger partial charge in [-0.1, -0.05) is 11.8 Å². The van der Waals surface area contributed by atoms with Crippen LogP contribution in [-0.4, -0.2) is 22.6 Å². The van der Waals surface area contributed by atoms with Gasteiger partial charge in [0, 0.05) is 24.0 Å². The maximum absolute atomic E-state index is 13.5. The van der Waals surface area contributed by atoms with Crippen LogP contribution >= 0.6 is 0 Å². The van der Waals surface area contributed by atoms with Crippen LogP contribution in [-0.2, 0) is 0 Å². The minimum atomic E-state index is -0.868. The first-order valence-corrected chi connectivity index (χ1v) is 5.91. The molecule has 0 spiro atoms. The zero-order chi connectivity index (χ0) is 15.2. The van der Waals surface area contributed by atoms with E-state index in [2.05, 4.69) is 22.1 Å². The maximum Gasteiger partial charge on any atom is 0.257 e. The molecule has 0 atom stereocenters. The van der Waals surface area contributed by atoms with E-state index in [4.69, 9.17) is 5.11 Å². The van der Waals surface area contributed by atoms with Gasteiger partial charge >= 0.3 is 0 Å². The Morgan fingerprint density at radius 2 is 2.10 bits per heavy atom. The minimum absolute atomic E-state index is 0.131. The van der Waals surface area contributed by atoms with Crippen LogP contribution in [0.2, 0.25) is 0 Å². The van der Waals surface area contributed by atoms with E-state index in [0.717, 1.165) is 12.1 Å². The molecule has 0 aliphatic heterocycles. The molecule has 0 radical (unpaired) electrons. The highest BCUT2D eigenvalue weighted by atomic mass is 19.1. The molecule has 1 amide bonds.